The van der Waals surface area contributed by atoms with Gasteiger partial charge in [-0.15, -0.1) is 5.48 Å². The van der Waals surface area contributed by atoms with Crippen LogP contribution in [0.25, 0.3) is 0 Å². The Bertz CT molecular complexity index is 634. The molecule has 1 atom stereocenters. The van der Waals surface area contributed by atoms with Gasteiger partial charge in [0.25, 0.3) is 0 Å². The van der Waals surface area contributed by atoms with E-state index >= 15 is 0 Å². The predicted octanol–water partition coefficient (Wildman–Crippen LogP) is 1.53. The minimum Gasteiger partial charge on any atom is -0.497 e. The van der Waals surface area contributed by atoms with Crippen molar-refractivity contribution < 1.29 is 14.5 Å². The summed E-state index contributed by atoms with van der Waals surface area (Å²) in [6.45, 7) is 0. The van der Waals surface area contributed by atoms with Gasteiger partial charge < -0.3 is 15.4 Å². The number of oxime groups is 1. The number of carbonyl (C=O) groups is 1. The second-order valence-corrected chi connectivity index (χ2v) is 4.47. The standard InChI is InChI=1S/C14H14N4O3/c1-20-11-5-2-9(3-6-11)15-14(19)16-10-4-7-12-13(8-10)18-21-17-12/h2-8,13,18H,1H3,(H2,15,16,19). The maximum atomic E-state index is 11.9. The lowest BCUT2D eigenvalue weighted by Gasteiger charge is -2.13. The molecule has 21 heavy (non-hydrogen) atoms. The Balaban J connectivity index is 1.59. The van der Waals surface area contributed by atoms with E-state index < -0.39 is 0 Å². The third kappa shape index (κ3) is 3.03. The summed E-state index contributed by atoms with van der Waals surface area (Å²) in [5, 5.41) is 9.28. The number of hydroxylamine groups is 1. The van der Waals surface area contributed by atoms with Crippen molar-refractivity contribution in [2.24, 2.45) is 5.16 Å². The van der Waals surface area contributed by atoms with Gasteiger partial charge in [-0.3, -0.25) is 4.94 Å². The molecule has 3 rings (SSSR count). The molecule has 0 spiro atoms. The first-order valence-electron chi connectivity index (χ1n) is 6.36. The van der Waals surface area contributed by atoms with Crippen LogP contribution in [-0.4, -0.2) is 24.9 Å². The lowest BCUT2D eigenvalue weighted by molar-refractivity contribution is 0.0670. The second-order valence-electron chi connectivity index (χ2n) is 4.47. The first-order valence-corrected chi connectivity index (χ1v) is 6.36. The molecule has 1 heterocycles. The van der Waals surface area contributed by atoms with Crippen LogP contribution in [0, 0.1) is 0 Å². The Morgan fingerprint density at radius 3 is 2.86 bits per heavy atom. The molecular formula is C14H14N4O3. The molecule has 3 N–H and O–H groups in total. The van der Waals surface area contributed by atoms with Crippen LogP contribution in [0.3, 0.4) is 0 Å². The lowest BCUT2D eigenvalue weighted by Crippen LogP contribution is -2.33. The molecule has 0 radical (unpaired) electrons. The molecule has 7 heteroatoms. The highest BCUT2D eigenvalue weighted by Gasteiger charge is 2.22. The minimum atomic E-state index is -0.324. The maximum Gasteiger partial charge on any atom is 0.323 e. The topological polar surface area (TPSA) is 84.0 Å². The van der Waals surface area contributed by atoms with Crippen LogP contribution in [0.2, 0.25) is 0 Å². The Labute approximate surface area is 121 Å². The number of hydrogen-bond acceptors (Lipinski definition) is 5. The Morgan fingerprint density at radius 1 is 1.29 bits per heavy atom. The fourth-order valence-corrected chi connectivity index (χ4v) is 1.97. The number of amides is 2. The lowest BCUT2D eigenvalue weighted by atomic mass is 10.1. The number of rotatable bonds is 3. The van der Waals surface area contributed by atoms with E-state index in [1.165, 1.54) is 0 Å². The minimum absolute atomic E-state index is 0.133. The number of allylic oxidation sites excluding steroid dienone is 1. The van der Waals surface area contributed by atoms with Crippen molar-refractivity contribution in [3.63, 3.8) is 0 Å². The highest BCUT2D eigenvalue weighted by atomic mass is 16.8. The van der Waals surface area contributed by atoms with Gasteiger partial charge in [-0.05, 0) is 42.5 Å². The Kier molecular flexibility index (Phi) is 3.57. The molecule has 7 nitrogen and oxygen atoms in total. The first-order chi connectivity index (χ1) is 10.2. The van der Waals surface area contributed by atoms with E-state index in [1.54, 1.807) is 43.5 Å². The zero-order valence-electron chi connectivity index (χ0n) is 11.3. The quantitative estimate of drug-likeness (QED) is 0.786. The first kappa shape index (κ1) is 13.2. The molecule has 0 fully saturated rings. The van der Waals surface area contributed by atoms with Crippen molar-refractivity contribution in [2.45, 2.75) is 6.04 Å². The number of hydrogen-bond donors (Lipinski definition) is 3. The number of carbonyl (C=O) groups excluding carboxylic acids is 1. The van der Waals surface area contributed by atoms with E-state index in [4.69, 9.17) is 9.68 Å². The van der Waals surface area contributed by atoms with Gasteiger partial charge in [-0.1, -0.05) is 5.16 Å². The highest BCUT2D eigenvalue weighted by molar-refractivity contribution is 6.03. The average molecular weight is 286 g/mol. The fourth-order valence-electron chi connectivity index (χ4n) is 1.97. The summed E-state index contributed by atoms with van der Waals surface area (Å²) in [7, 11) is 1.59. The van der Waals surface area contributed by atoms with Crippen molar-refractivity contribution in [1.82, 2.24) is 10.8 Å². The van der Waals surface area contributed by atoms with Crippen molar-refractivity contribution in [1.29, 1.82) is 0 Å². The van der Waals surface area contributed by atoms with Gasteiger partial charge in [0.05, 0.1) is 7.11 Å². The van der Waals surface area contributed by atoms with E-state index in [0.717, 1.165) is 11.5 Å². The molecule has 0 bridgehead atoms. The van der Waals surface area contributed by atoms with Crippen LogP contribution in [0.15, 0.2) is 53.3 Å². The van der Waals surface area contributed by atoms with E-state index in [0.29, 0.717) is 11.4 Å². The number of nitrogens with zero attached hydrogens (tertiary/aromatic N) is 1. The van der Waals surface area contributed by atoms with E-state index in [2.05, 4.69) is 21.3 Å². The number of methoxy groups -OCH3 is 1. The van der Waals surface area contributed by atoms with Crippen molar-refractivity contribution >= 4 is 17.4 Å². The second kappa shape index (κ2) is 5.68. The average Bonchev–Trinajstić information content (AvgIpc) is 2.95. The van der Waals surface area contributed by atoms with Gasteiger partial charge in [0.15, 0.2) is 0 Å². The summed E-state index contributed by atoms with van der Waals surface area (Å²) in [6, 6.07) is 6.62. The molecule has 2 amide bonds. The number of benzene rings is 1. The molecule has 1 aromatic rings. The zero-order chi connectivity index (χ0) is 14.7. The molecule has 108 valence electrons. The SMILES string of the molecule is COc1ccc(NC(=O)NC2=CC3NON=C3C=C2)cc1. The molecule has 0 aromatic heterocycles. The molecule has 1 unspecified atom stereocenters. The summed E-state index contributed by atoms with van der Waals surface area (Å²) < 4.78 is 5.06. The summed E-state index contributed by atoms with van der Waals surface area (Å²) in [5.41, 5.74) is 4.83. The van der Waals surface area contributed by atoms with Crippen molar-refractivity contribution in [3.8, 4) is 5.75 Å². The number of urea groups is 1. The molecule has 0 saturated heterocycles. The van der Waals surface area contributed by atoms with Crippen LogP contribution in [-0.2, 0) is 4.94 Å². The molecule has 1 aromatic carbocycles. The van der Waals surface area contributed by atoms with Gasteiger partial charge in [0, 0.05) is 11.4 Å². The van der Waals surface area contributed by atoms with Gasteiger partial charge in [0.2, 0.25) is 0 Å². The van der Waals surface area contributed by atoms with Crippen LogP contribution >= 0.6 is 0 Å². The summed E-state index contributed by atoms with van der Waals surface area (Å²) in [6.07, 6.45) is 5.37. The third-order valence-corrected chi connectivity index (χ3v) is 3.04. The van der Waals surface area contributed by atoms with Crippen LogP contribution in [0.5, 0.6) is 5.75 Å². The molecule has 1 aliphatic heterocycles. The number of nitrogens with one attached hydrogen (secondary N) is 3. The van der Waals surface area contributed by atoms with Crippen LogP contribution in [0.4, 0.5) is 10.5 Å². The third-order valence-electron chi connectivity index (χ3n) is 3.04. The summed E-state index contributed by atoms with van der Waals surface area (Å²) in [5.74, 6) is 0.734. The molecule has 1 aliphatic carbocycles. The van der Waals surface area contributed by atoms with E-state index in [1.807, 2.05) is 6.08 Å². The number of fused-ring (bicyclic) bond motifs is 1. The van der Waals surface area contributed by atoms with Crippen LogP contribution < -0.4 is 20.9 Å². The van der Waals surface area contributed by atoms with Gasteiger partial charge in [0.1, 0.15) is 17.5 Å². The van der Waals surface area contributed by atoms with Gasteiger partial charge >= 0.3 is 6.03 Å². The molecular weight excluding hydrogens is 272 g/mol. The normalized spacial score (nSPS) is 19.0. The molecule has 2 aliphatic rings. The number of anilines is 1. The van der Waals surface area contributed by atoms with E-state index in [-0.39, 0.29) is 12.1 Å². The number of ether oxygens (including phenoxy) is 1. The smallest absolute Gasteiger partial charge is 0.323 e. The Hall–Kier alpha value is -2.80. The summed E-state index contributed by atoms with van der Waals surface area (Å²) in [4.78, 5) is 16.7. The zero-order valence-corrected chi connectivity index (χ0v) is 11.3. The van der Waals surface area contributed by atoms with Crippen molar-refractivity contribution in [2.75, 3.05) is 12.4 Å². The van der Waals surface area contributed by atoms with Gasteiger partial charge in [-0.2, -0.15) is 0 Å². The van der Waals surface area contributed by atoms with Crippen molar-refractivity contribution in [3.05, 3.63) is 48.2 Å². The maximum absolute atomic E-state index is 11.9. The highest BCUT2D eigenvalue weighted by Crippen LogP contribution is 2.15. The molecule has 0 saturated carbocycles. The monoisotopic (exact) mass is 286 g/mol. The summed E-state index contributed by atoms with van der Waals surface area (Å²) >= 11 is 0. The largest absolute Gasteiger partial charge is 0.497 e. The van der Waals surface area contributed by atoms with E-state index in [9.17, 15) is 4.79 Å². The Morgan fingerprint density at radius 2 is 2.10 bits per heavy atom. The van der Waals surface area contributed by atoms with Gasteiger partial charge in [-0.25, -0.2) is 4.79 Å². The fraction of sp³-hybridized carbons (Fsp3) is 0.143. The van der Waals surface area contributed by atoms with Crippen LogP contribution in [0.1, 0.15) is 0 Å². The predicted molar refractivity (Wildman–Crippen MR) is 77.8 cm³/mol.